The number of rotatable bonds is 5. The summed E-state index contributed by atoms with van der Waals surface area (Å²) in [7, 11) is 0. The van der Waals surface area contributed by atoms with Gasteiger partial charge in [0.05, 0.1) is 13.1 Å². The number of aryl methyl sites for hydroxylation is 3. The molecule has 0 amide bonds. The minimum Gasteiger partial charge on any atom is -0.339 e. The van der Waals surface area contributed by atoms with E-state index >= 15 is 0 Å². The number of benzene rings is 2. The van der Waals surface area contributed by atoms with Gasteiger partial charge in [0, 0.05) is 21.6 Å². The first-order valence-corrected chi connectivity index (χ1v) is 11.5. The van der Waals surface area contributed by atoms with Crippen molar-refractivity contribution in [2.75, 3.05) is 5.32 Å². The molecule has 0 saturated heterocycles. The number of aromatic amines is 1. The summed E-state index contributed by atoms with van der Waals surface area (Å²) in [5.41, 5.74) is 5.92. The van der Waals surface area contributed by atoms with Crippen molar-refractivity contribution in [3.63, 3.8) is 0 Å². The molecule has 2 N–H and O–H groups in total. The highest BCUT2D eigenvalue weighted by Crippen LogP contribution is 2.20. The molecule has 0 radical (unpaired) electrons. The number of hydrogen-bond donors (Lipinski definition) is 2. The number of hydrogen-bond acceptors (Lipinski definition) is 3. The molecule has 0 saturated carbocycles. The van der Waals surface area contributed by atoms with Crippen molar-refractivity contribution >= 4 is 45.3 Å². The molecule has 0 aliphatic carbocycles. The van der Waals surface area contributed by atoms with Gasteiger partial charge in [-0.3, -0.25) is 4.79 Å². The van der Waals surface area contributed by atoms with E-state index in [0.717, 1.165) is 27.7 Å². The highest BCUT2D eigenvalue weighted by atomic mass is 32.1. The molecule has 4 aromatic rings. The minimum atomic E-state index is -0.0800. The van der Waals surface area contributed by atoms with Crippen molar-refractivity contribution < 1.29 is 0 Å². The molecule has 0 bridgehead atoms. The highest BCUT2D eigenvalue weighted by molar-refractivity contribution is 7.80. The molecule has 4 nitrogen and oxygen atoms in total. The van der Waals surface area contributed by atoms with Gasteiger partial charge < -0.3 is 15.2 Å². The van der Waals surface area contributed by atoms with E-state index in [9.17, 15) is 4.79 Å². The van der Waals surface area contributed by atoms with Crippen LogP contribution in [0.1, 0.15) is 27.1 Å². The molecule has 0 atom stereocenters. The van der Waals surface area contributed by atoms with Crippen LogP contribution in [0.25, 0.3) is 10.9 Å². The zero-order valence-electron chi connectivity index (χ0n) is 17.9. The number of nitrogens with one attached hydrogen (secondary N) is 2. The lowest BCUT2D eigenvalue weighted by Crippen LogP contribution is -2.35. The fourth-order valence-electron chi connectivity index (χ4n) is 3.62. The molecular weight excluding hydrogens is 422 g/mol. The van der Waals surface area contributed by atoms with Crippen LogP contribution >= 0.6 is 23.6 Å². The maximum Gasteiger partial charge on any atom is 0.253 e. The van der Waals surface area contributed by atoms with Crippen LogP contribution in [0.15, 0.2) is 64.8 Å². The monoisotopic (exact) mass is 447 g/mol. The van der Waals surface area contributed by atoms with Gasteiger partial charge in [-0.1, -0.05) is 35.9 Å². The Kier molecular flexibility index (Phi) is 6.20. The molecule has 31 heavy (non-hydrogen) atoms. The second kappa shape index (κ2) is 9.04. The standard InChI is InChI=1S/C25H25N3OS2/c1-16-7-9-22(18(3)11-16)27-25(30)28(15-21-5-4-10-31-21)14-20-13-19-8-6-17(2)12-23(19)26-24(20)29/h4-13H,14-15H2,1-3H3,(H,26,29)(H,27,30). The zero-order valence-corrected chi connectivity index (χ0v) is 19.5. The van der Waals surface area contributed by atoms with Crippen molar-refractivity contribution in [3.8, 4) is 0 Å². The Morgan fingerprint density at radius 1 is 1.03 bits per heavy atom. The van der Waals surface area contributed by atoms with Crippen molar-refractivity contribution in [2.24, 2.45) is 0 Å². The second-order valence-corrected chi connectivity index (χ2v) is 9.32. The third kappa shape index (κ3) is 5.03. The Labute approximate surface area is 191 Å². The SMILES string of the molecule is Cc1ccc(NC(=S)N(Cc2cccs2)Cc2cc3ccc(C)cc3[nH]c2=O)c(C)c1. The number of anilines is 1. The highest BCUT2D eigenvalue weighted by Gasteiger charge is 2.15. The number of nitrogens with zero attached hydrogens (tertiary/aromatic N) is 1. The Balaban J connectivity index is 1.64. The molecule has 0 aliphatic heterocycles. The van der Waals surface area contributed by atoms with Crippen LogP contribution < -0.4 is 10.9 Å². The van der Waals surface area contributed by atoms with Gasteiger partial charge in [-0.15, -0.1) is 11.3 Å². The zero-order chi connectivity index (χ0) is 22.0. The molecule has 0 aliphatic rings. The first-order chi connectivity index (χ1) is 14.9. The summed E-state index contributed by atoms with van der Waals surface area (Å²) >= 11 is 7.47. The van der Waals surface area contributed by atoms with Crippen LogP contribution in [0, 0.1) is 20.8 Å². The first-order valence-electron chi connectivity index (χ1n) is 10.2. The van der Waals surface area contributed by atoms with E-state index in [2.05, 4.69) is 53.8 Å². The Hall–Kier alpha value is -2.96. The fourth-order valence-corrected chi connectivity index (χ4v) is 4.58. The van der Waals surface area contributed by atoms with Crippen LogP contribution in [-0.2, 0) is 13.1 Å². The molecule has 2 aromatic heterocycles. The molecule has 0 spiro atoms. The summed E-state index contributed by atoms with van der Waals surface area (Å²) in [6.07, 6.45) is 0. The summed E-state index contributed by atoms with van der Waals surface area (Å²) in [4.78, 5) is 19.1. The van der Waals surface area contributed by atoms with E-state index in [-0.39, 0.29) is 5.56 Å². The van der Waals surface area contributed by atoms with E-state index < -0.39 is 0 Å². The average molecular weight is 448 g/mol. The summed E-state index contributed by atoms with van der Waals surface area (Å²) in [6.45, 7) is 7.22. The smallest absolute Gasteiger partial charge is 0.253 e. The average Bonchev–Trinajstić information content (AvgIpc) is 3.23. The molecule has 0 unspecified atom stereocenters. The van der Waals surface area contributed by atoms with E-state index in [0.29, 0.717) is 23.8 Å². The van der Waals surface area contributed by atoms with Gasteiger partial charge in [0.15, 0.2) is 5.11 Å². The Morgan fingerprint density at radius 2 is 1.81 bits per heavy atom. The number of H-pyrrole nitrogens is 1. The fraction of sp³-hybridized carbons (Fsp3) is 0.200. The number of thiophene rings is 1. The number of aromatic nitrogens is 1. The second-order valence-electron chi connectivity index (χ2n) is 7.90. The minimum absolute atomic E-state index is 0.0800. The number of thiocarbonyl (C=S) groups is 1. The lowest BCUT2D eigenvalue weighted by Gasteiger charge is -2.26. The molecule has 158 valence electrons. The lowest BCUT2D eigenvalue weighted by atomic mass is 10.1. The van der Waals surface area contributed by atoms with Crippen LogP contribution in [0.3, 0.4) is 0 Å². The summed E-state index contributed by atoms with van der Waals surface area (Å²) < 4.78 is 0. The summed E-state index contributed by atoms with van der Waals surface area (Å²) in [5, 5.41) is 7.06. The quantitative estimate of drug-likeness (QED) is 0.373. The summed E-state index contributed by atoms with van der Waals surface area (Å²) in [6, 6.07) is 18.4. The van der Waals surface area contributed by atoms with E-state index in [1.807, 2.05) is 42.2 Å². The molecular formula is C25H25N3OS2. The van der Waals surface area contributed by atoms with E-state index in [4.69, 9.17) is 12.2 Å². The van der Waals surface area contributed by atoms with Gasteiger partial charge in [0.25, 0.3) is 5.56 Å². The Bertz CT molecular complexity index is 1290. The van der Waals surface area contributed by atoms with Crippen LogP contribution in [0.2, 0.25) is 0 Å². The predicted octanol–water partition coefficient (Wildman–Crippen LogP) is 5.91. The van der Waals surface area contributed by atoms with Crippen LogP contribution in [-0.4, -0.2) is 15.0 Å². The Morgan fingerprint density at radius 3 is 2.55 bits per heavy atom. The maximum absolute atomic E-state index is 12.8. The number of pyridine rings is 1. The lowest BCUT2D eigenvalue weighted by molar-refractivity contribution is 0.415. The topological polar surface area (TPSA) is 48.1 Å². The van der Waals surface area contributed by atoms with E-state index in [1.54, 1.807) is 11.3 Å². The van der Waals surface area contributed by atoms with Gasteiger partial charge in [0.1, 0.15) is 0 Å². The van der Waals surface area contributed by atoms with Gasteiger partial charge in [-0.25, -0.2) is 0 Å². The van der Waals surface area contributed by atoms with Crippen molar-refractivity contribution in [3.05, 3.63) is 97.5 Å². The van der Waals surface area contributed by atoms with Crippen molar-refractivity contribution in [2.45, 2.75) is 33.9 Å². The summed E-state index contributed by atoms with van der Waals surface area (Å²) in [5.74, 6) is 0. The van der Waals surface area contributed by atoms with Gasteiger partial charge in [-0.2, -0.15) is 0 Å². The molecule has 4 rings (SSSR count). The van der Waals surface area contributed by atoms with Crippen LogP contribution in [0.5, 0.6) is 0 Å². The van der Waals surface area contributed by atoms with Gasteiger partial charge >= 0.3 is 0 Å². The number of fused-ring (bicyclic) bond motifs is 1. The van der Waals surface area contributed by atoms with Gasteiger partial charge in [-0.05, 0) is 79.1 Å². The molecule has 0 fully saturated rings. The molecule has 2 heterocycles. The third-order valence-corrected chi connectivity index (χ3v) is 6.50. The third-order valence-electron chi connectivity index (χ3n) is 5.28. The predicted molar refractivity (Wildman–Crippen MR) is 135 cm³/mol. The van der Waals surface area contributed by atoms with Crippen LogP contribution in [0.4, 0.5) is 5.69 Å². The van der Waals surface area contributed by atoms with E-state index in [1.165, 1.54) is 10.4 Å². The largest absolute Gasteiger partial charge is 0.339 e. The first kappa shape index (κ1) is 21.3. The maximum atomic E-state index is 12.8. The van der Waals surface area contributed by atoms with Crippen molar-refractivity contribution in [1.82, 2.24) is 9.88 Å². The molecule has 6 heteroatoms. The molecule has 2 aromatic carbocycles. The normalized spacial score (nSPS) is 10.9. The van der Waals surface area contributed by atoms with Gasteiger partial charge in [0.2, 0.25) is 0 Å². The van der Waals surface area contributed by atoms with Crippen molar-refractivity contribution in [1.29, 1.82) is 0 Å².